The Balaban J connectivity index is 1.86. The van der Waals surface area contributed by atoms with Gasteiger partial charge >= 0.3 is 0 Å². The van der Waals surface area contributed by atoms with Gasteiger partial charge in [0.25, 0.3) is 0 Å². The van der Waals surface area contributed by atoms with E-state index in [0.29, 0.717) is 30.0 Å². The van der Waals surface area contributed by atoms with Gasteiger partial charge in [-0.05, 0) is 42.1 Å². The first kappa shape index (κ1) is 14.3. The Kier molecular flexibility index (Phi) is 3.85. The van der Waals surface area contributed by atoms with Gasteiger partial charge in [0.2, 0.25) is 11.2 Å². The third-order valence-corrected chi connectivity index (χ3v) is 4.26. The van der Waals surface area contributed by atoms with Gasteiger partial charge in [-0.2, -0.15) is 0 Å². The fourth-order valence-corrected chi connectivity index (χ4v) is 3.20. The van der Waals surface area contributed by atoms with E-state index < -0.39 is 0 Å². The van der Waals surface area contributed by atoms with E-state index in [-0.39, 0.29) is 17.0 Å². The van der Waals surface area contributed by atoms with E-state index in [4.69, 9.17) is 11.6 Å². The van der Waals surface area contributed by atoms with Crippen LogP contribution in [0.1, 0.15) is 26.2 Å². The summed E-state index contributed by atoms with van der Waals surface area (Å²) in [6.07, 6.45) is 2.72. The molecule has 3 rings (SSSR count). The molecule has 2 heterocycles. The van der Waals surface area contributed by atoms with Crippen molar-refractivity contribution in [2.24, 2.45) is 5.92 Å². The number of rotatable bonds is 4. The quantitative estimate of drug-likeness (QED) is 0.868. The van der Waals surface area contributed by atoms with Crippen LogP contribution in [0.25, 0.3) is 11.0 Å². The van der Waals surface area contributed by atoms with Crippen LogP contribution in [0.2, 0.25) is 5.28 Å². The molecule has 1 atom stereocenters. The lowest BCUT2D eigenvalue weighted by Crippen LogP contribution is -2.28. The molecule has 1 aliphatic rings. The normalized spacial score (nSPS) is 18.9. The number of aromatic nitrogens is 2. The minimum atomic E-state index is -0.336. The number of carbonyl (C=O) groups is 1. The Labute approximate surface area is 127 Å². The maximum Gasteiger partial charge on any atom is 0.224 e. The molecule has 0 radical (unpaired) electrons. The van der Waals surface area contributed by atoms with Crippen LogP contribution in [0.4, 0.5) is 4.39 Å². The predicted molar refractivity (Wildman–Crippen MR) is 79.4 cm³/mol. The minimum Gasteiger partial charge on any atom is -0.324 e. The van der Waals surface area contributed by atoms with Gasteiger partial charge in [0.1, 0.15) is 12.5 Å². The van der Waals surface area contributed by atoms with E-state index in [1.54, 1.807) is 15.5 Å². The van der Waals surface area contributed by atoms with Crippen molar-refractivity contribution in [1.82, 2.24) is 14.5 Å². The molecule has 1 aromatic heterocycles. The third-order valence-electron chi connectivity index (χ3n) is 3.97. The van der Waals surface area contributed by atoms with E-state index in [1.165, 1.54) is 12.1 Å². The SMILES string of the molecule is CCCC1CC(=O)N(Cn2c(Cl)nc3ccc(F)cc32)C1. The van der Waals surface area contributed by atoms with Crippen LogP contribution < -0.4 is 0 Å². The standard InChI is InChI=1S/C15H17ClFN3O/c1-2-3-10-6-14(21)19(8-10)9-20-13-7-11(17)4-5-12(13)18-15(20)16/h4-5,7,10H,2-3,6,8-9H2,1H3. The zero-order chi connectivity index (χ0) is 15.0. The largest absolute Gasteiger partial charge is 0.324 e. The number of imidazole rings is 1. The van der Waals surface area contributed by atoms with Crippen molar-refractivity contribution in [1.29, 1.82) is 0 Å². The second-order valence-electron chi connectivity index (χ2n) is 5.56. The number of fused-ring (bicyclic) bond motifs is 1. The number of amides is 1. The first-order chi connectivity index (χ1) is 10.1. The molecule has 1 fully saturated rings. The van der Waals surface area contributed by atoms with Crippen LogP contribution in [0.3, 0.4) is 0 Å². The molecule has 112 valence electrons. The lowest BCUT2D eigenvalue weighted by Gasteiger charge is -2.18. The van der Waals surface area contributed by atoms with Crippen molar-refractivity contribution in [2.45, 2.75) is 32.9 Å². The molecule has 0 aliphatic carbocycles. The zero-order valence-electron chi connectivity index (χ0n) is 11.9. The van der Waals surface area contributed by atoms with Crippen molar-refractivity contribution in [3.05, 3.63) is 29.3 Å². The summed E-state index contributed by atoms with van der Waals surface area (Å²) < 4.78 is 15.1. The number of likely N-dealkylation sites (tertiary alicyclic amines) is 1. The number of carbonyl (C=O) groups excluding carboxylic acids is 1. The van der Waals surface area contributed by atoms with E-state index >= 15 is 0 Å². The van der Waals surface area contributed by atoms with Gasteiger partial charge in [0, 0.05) is 13.0 Å². The fourth-order valence-electron chi connectivity index (χ4n) is 2.96. The molecule has 2 aromatic rings. The van der Waals surface area contributed by atoms with Crippen molar-refractivity contribution >= 4 is 28.5 Å². The van der Waals surface area contributed by atoms with Crippen molar-refractivity contribution in [2.75, 3.05) is 6.54 Å². The molecular formula is C15H17ClFN3O. The molecule has 1 aromatic carbocycles. The third kappa shape index (κ3) is 2.75. The Morgan fingerprint density at radius 2 is 2.29 bits per heavy atom. The smallest absolute Gasteiger partial charge is 0.224 e. The highest BCUT2D eigenvalue weighted by molar-refractivity contribution is 6.29. The second kappa shape index (κ2) is 5.64. The average Bonchev–Trinajstić information content (AvgIpc) is 2.93. The average molecular weight is 310 g/mol. The lowest BCUT2D eigenvalue weighted by molar-refractivity contribution is -0.129. The summed E-state index contributed by atoms with van der Waals surface area (Å²) in [4.78, 5) is 18.1. The number of benzene rings is 1. The maximum absolute atomic E-state index is 13.4. The van der Waals surface area contributed by atoms with E-state index in [1.807, 2.05) is 0 Å². The van der Waals surface area contributed by atoms with Crippen LogP contribution in [-0.4, -0.2) is 26.9 Å². The highest BCUT2D eigenvalue weighted by Gasteiger charge is 2.29. The van der Waals surface area contributed by atoms with E-state index in [2.05, 4.69) is 11.9 Å². The Bertz CT molecular complexity index is 685. The fraction of sp³-hybridized carbons (Fsp3) is 0.467. The summed E-state index contributed by atoms with van der Waals surface area (Å²) in [5, 5.41) is 0.280. The summed E-state index contributed by atoms with van der Waals surface area (Å²) in [7, 11) is 0. The van der Waals surface area contributed by atoms with Gasteiger partial charge in [0.15, 0.2) is 0 Å². The van der Waals surface area contributed by atoms with Crippen molar-refractivity contribution in [3.63, 3.8) is 0 Å². The van der Waals surface area contributed by atoms with Crippen molar-refractivity contribution in [3.8, 4) is 0 Å². The van der Waals surface area contributed by atoms with E-state index in [0.717, 1.165) is 19.4 Å². The van der Waals surface area contributed by atoms with Crippen LogP contribution in [0, 0.1) is 11.7 Å². The zero-order valence-corrected chi connectivity index (χ0v) is 12.6. The summed E-state index contributed by atoms with van der Waals surface area (Å²) >= 11 is 6.14. The lowest BCUT2D eigenvalue weighted by atomic mass is 10.0. The molecule has 1 amide bonds. The molecule has 1 unspecified atom stereocenters. The molecular weight excluding hydrogens is 293 g/mol. The number of hydrogen-bond acceptors (Lipinski definition) is 2. The Hall–Kier alpha value is -1.62. The Morgan fingerprint density at radius 1 is 1.48 bits per heavy atom. The monoisotopic (exact) mass is 309 g/mol. The molecule has 0 N–H and O–H groups in total. The molecule has 6 heteroatoms. The van der Waals surface area contributed by atoms with Crippen molar-refractivity contribution < 1.29 is 9.18 Å². The molecule has 1 aliphatic heterocycles. The van der Waals surface area contributed by atoms with Crippen LogP contribution in [0.5, 0.6) is 0 Å². The summed E-state index contributed by atoms with van der Waals surface area (Å²) in [6, 6.07) is 4.35. The molecule has 0 saturated carbocycles. The summed E-state index contributed by atoms with van der Waals surface area (Å²) in [5.41, 5.74) is 1.25. The van der Waals surface area contributed by atoms with Gasteiger partial charge in [0.05, 0.1) is 11.0 Å². The molecule has 4 nitrogen and oxygen atoms in total. The van der Waals surface area contributed by atoms with Gasteiger partial charge in [-0.25, -0.2) is 9.37 Å². The molecule has 1 saturated heterocycles. The Morgan fingerprint density at radius 3 is 3.05 bits per heavy atom. The number of nitrogens with zero attached hydrogens (tertiary/aromatic N) is 3. The van der Waals surface area contributed by atoms with Crippen LogP contribution >= 0.6 is 11.6 Å². The van der Waals surface area contributed by atoms with Gasteiger partial charge in [-0.15, -0.1) is 0 Å². The predicted octanol–water partition coefficient (Wildman–Crippen LogP) is 3.43. The van der Waals surface area contributed by atoms with Gasteiger partial charge in [-0.3, -0.25) is 9.36 Å². The number of halogens is 2. The maximum atomic E-state index is 13.4. The topological polar surface area (TPSA) is 38.1 Å². The van der Waals surface area contributed by atoms with E-state index in [9.17, 15) is 9.18 Å². The first-order valence-electron chi connectivity index (χ1n) is 7.17. The van der Waals surface area contributed by atoms with Gasteiger partial charge < -0.3 is 4.90 Å². The highest BCUT2D eigenvalue weighted by atomic mass is 35.5. The minimum absolute atomic E-state index is 0.128. The molecule has 0 bridgehead atoms. The number of hydrogen-bond donors (Lipinski definition) is 0. The van der Waals surface area contributed by atoms with Gasteiger partial charge in [-0.1, -0.05) is 13.3 Å². The van der Waals surface area contributed by atoms with Crippen LogP contribution in [-0.2, 0) is 11.5 Å². The molecule has 21 heavy (non-hydrogen) atoms. The second-order valence-corrected chi connectivity index (χ2v) is 5.90. The van der Waals surface area contributed by atoms with Crippen LogP contribution in [0.15, 0.2) is 18.2 Å². The first-order valence-corrected chi connectivity index (χ1v) is 7.55. The highest BCUT2D eigenvalue weighted by Crippen LogP contribution is 2.26. The molecule has 0 spiro atoms. The summed E-state index contributed by atoms with van der Waals surface area (Å²) in [5.74, 6) is 0.201. The summed E-state index contributed by atoms with van der Waals surface area (Å²) in [6.45, 7) is 3.19.